The lowest BCUT2D eigenvalue weighted by Gasteiger charge is -2.31. The van der Waals surface area contributed by atoms with E-state index in [4.69, 9.17) is 4.74 Å². The number of piperidine rings is 1. The maximum Gasteiger partial charge on any atom is 0.126 e. The molecule has 0 atom stereocenters. The first-order chi connectivity index (χ1) is 18.0. The fourth-order valence-corrected chi connectivity index (χ4v) is 6.50. The fourth-order valence-electron chi connectivity index (χ4n) is 5.35. The average Bonchev–Trinajstić information content (AvgIpc) is 3.63. The Morgan fingerprint density at radius 1 is 1.05 bits per heavy atom. The minimum Gasteiger partial charge on any atom is -0.490 e. The largest absolute Gasteiger partial charge is 0.490 e. The molecule has 8 heteroatoms. The SMILES string of the molecule is CCC(O)(CC)c1ccc2cc(-c3n[nH]c4cc(CN5CCC(Oc6ccncc6)CC5)sc34)[nH]c2c1. The highest BCUT2D eigenvalue weighted by molar-refractivity contribution is 7.19. The number of aliphatic hydroxyl groups is 1. The Balaban J connectivity index is 1.16. The summed E-state index contributed by atoms with van der Waals surface area (Å²) in [6.07, 6.45) is 7.25. The van der Waals surface area contributed by atoms with Crippen LogP contribution in [0.25, 0.3) is 32.5 Å². The van der Waals surface area contributed by atoms with Crippen molar-refractivity contribution in [2.45, 2.75) is 57.8 Å². The van der Waals surface area contributed by atoms with E-state index < -0.39 is 5.60 Å². The molecule has 0 unspecified atom stereocenters. The molecule has 37 heavy (non-hydrogen) atoms. The van der Waals surface area contributed by atoms with Gasteiger partial charge in [-0.15, -0.1) is 11.3 Å². The van der Waals surface area contributed by atoms with Crippen molar-refractivity contribution in [3.05, 3.63) is 65.3 Å². The Bertz CT molecular complexity index is 1490. The maximum atomic E-state index is 11.0. The normalized spacial score (nSPS) is 15.6. The van der Waals surface area contributed by atoms with Crippen molar-refractivity contribution in [2.75, 3.05) is 13.1 Å². The molecule has 1 aliphatic heterocycles. The van der Waals surface area contributed by atoms with Crippen molar-refractivity contribution in [3.8, 4) is 17.1 Å². The number of aromatic nitrogens is 4. The molecule has 1 saturated heterocycles. The van der Waals surface area contributed by atoms with Gasteiger partial charge in [0.05, 0.1) is 21.5 Å². The lowest BCUT2D eigenvalue weighted by atomic mass is 9.88. The summed E-state index contributed by atoms with van der Waals surface area (Å²) in [5.41, 5.74) is 4.22. The van der Waals surface area contributed by atoms with Crippen molar-refractivity contribution >= 4 is 32.5 Å². The summed E-state index contributed by atoms with van der Waals surface area (Å²) in [5.74, 6) is 0.903. The topological polar surface area (TPSA) is 90.1 Å². The number of aromatic amines is 2. The third-order valence-corrected chi connectivity index (χ3v) is 8.86. The van der Waals surface area contributed by atoms with Crippen LogP contribution in [-0.4, -0.2) is 49.4 Å². The van der Waals surface area contributed by atoms with Crippen LogP contribution in [0, 0.1) is 0 Å². The summed E-state index contributed by atoms with van der Waals surface area (Å²) >= 11 is 1.81. The Morgan fingerprint density at radius 2 is 1.84 bits per heavy atom. The number of hydrogen-bond acceptors (Lipinski definition) is 6. The maximum absolute atomic E-state index is 11.0. The fraction of sp³-hybridized carbons (Fsp3) is 0.379. The summed E-state index contributed by atoms with van der Waals surface area (Å²) in [6.45, 7) is 7.05. The second-order valence-corrected chi connectivity index (χ2v) is 11.2. The van der Waals surface area contributed by atoms with Gasteiger partial charge in [0.15, 0.2) is 0 Å². The first-order valence-corrected chi connectivity index (χ1v) is 14.0. The summed E-state index contributed by atoms with van der Waals surface area (Å²) < 4.78 is 7.30. The van der Waals surface area contributed by atoms with Gasteiger partial charge in [-0.05, 0) is 61.6 Å². The van der Waals surface area contributed by atoms with E-state index in [2.05, 4.69) is 49.3 Å². The van der Waals surface area contributed by atoms with Crippen molar-refractivity contribution in [1.29, 1.82) is 0 Å². The number of nitrogens with one attached hydrogen (secondary N) is 2. The van der Waals surface area contributed by atoms with Gasteiger partial charge in [0.25, 0.3) is 0 Å². The van der Waals surface area contributed by atoms with Gasteiger partial charge in [0, 0.05) is 47.8 Å². The van der Waals surface area contributed by atoms with E-state index in [0.29, 0.717) is 12.8 Å². The molecular formula is C29H33N5O2S. The van der Waals surface area contributed by atoms with Crippen LogP contribution < -0.4 is 4.74 Å². The van der Waals surface area contributed by atoms with E-state index in [1.54, 1.807) is 12.4 Å². The minimum absolute atomic E-state index is 0.264. The van der Waals surface area contributed by atoms with Crippen LogP contribution in [-0.2, 0) is 12.1 Å². The predicted octanol–water partition coefficient (Wildman–Crippen LogP) is 6.22. The van der Waals surface area contributed by atoms with E-state index in [9.17, 15) is 5.11 Å². The van der Waals surface area contributed by atoms with Crippen LogP contribution in [0.5, 0.6) is 5.75 Å². The summed E-state index contributed by atoms with van der Waals surface area (Å²) in [4.78, 5) is 11.5. The highest BCUT2D eigenvalue weighted by atomic mass is 32.1. The number of thiophene rings is 1. The van der Waals surface area contributed by atoms with Gasteiger partial charge in [-0.3, -0.25) is 15.0 Å². The molecule has 0 aliphatic carbocycles. The number of ether oxygens (including phenoxy) is 1. The highest BCUT2D eigenvalue weighted by Crippen LogP contribution is 2.36. The predicted molar refractivity (Wildman–Crippen MR) is 149 cm³/mol. The van der Waals surface area contributed by atoms with E-state index >= 15 is 0 Å². The number of likely N-dealkylation sites (tertiary alicyclic amines) is 1. The lowest BCUT2D eigenvalue weighted by Crippen LogP contribution is -2.37. The van der Waals surface area contributed by atoms with Crippen LogP contribution in [0.15, 0.2) is 54.9 Å². The van der Waals surface area contributed by atoms with Crippen LogP contribution in [0.4, 0.5) is 0 Å². The van der Waals surface area contributed by atoms with Gasteiger partial charge < -0.3 is 14.8 Å². The van der Waals surface area contributed by atoms with E-state index in [-0.39, 0.29) is 6.10 Å². The summed E-state index contributed by atoms with van der Waals surface area (Å²) in [5, 5.41) is 20.0. The van der Waals surface area contributed by atoms with E-state index in [1.807, 2.05) is 43.4 Å². The number of benzene rings is 1. The van der Waals surface area contributed by atoms with Crippen molar-refractivity contribution in [1.82, 2.24) is 25.1 Å². The Labute approximate surface area is 220 Å². The smallest absolute Gasteiger partial charge is 0.126 e. The molecule has 3 N–H and O–H groups in total. The first-order valence-electron chi connectivity index (χ1n) is 13.2. The molecule has 0 saturated carbocycles. The van der Waals surface area contributed by atoms with Gasteiger partial charge in [-0.1, -0.05) is 26.0 Å². The summed E-state index contributed by atoms with van der Waals surface area (Å²) in [7, 11) is 0. The van der Waals surface area contributed by atoms with Crippen LogP contribution in [0.2, 0.25) is 0 Å². The molecule has 0 radical (unpaired) electrons. The zero-order valence-electron chi connectivity index (χ0n) is 21.3. The molecule has 192 valence electrons. The van der Waals surface area contributed by atoms with Gasteiger partial charge in [0.2, 0.25) is 0 Å². The Morgan fingerprint density at radius 3 is 2.59 bits per heavy atom. The molecule has 5 heterocycles. The number of H-pyrrole nitrogens is 2. The lowest BCUT2D eigenvalue weighted by molar-refractivity contribution is 0.0285. The molecule has 0 spiro atoms. The second-order valence-electron chi connectivity index (χ2n) is 10.0. The van der Waals surface area contributed by atoms with Gasteiger partial charge >= 0.3 is 0 Å². The molecule has 6 rings (SSSR count). The zero-order chi connectivity index (χ0) is 25.4. The zero-order valence-corrected chi connectivity index (χ0v) is 22.1. The third-order valence-electron chi connectivity index (χ3n) is 7.74. The van der Waals surface area contributed by atoms with Gasteiger partial charge in [-0.2, -0.15) is 5.10 Å². The third kappa shape index (κ3) is 4.77. The molecule has 1 aromatic carbocycles. The van der Waals surface area contributed by atoms with Crippen molar-refractivity contribution < 1.29 is 9.84 Å². The van der Waals surface area contributed by atoms with Crippen LogP contribution >= 0.6 is 11.3 Å². The van der Waals surface area contributed by atoms with Crippen LogP contribution in [0.3, 0.4) is 0 Å². The Hall–Kier alpha value is -3.20. The van der Waals surface area contributed by atoms with E-state index in [0.717, 1.165) is 71.6 Å². The van der Waals surface area contributed by atoms with Crippen molar-refractivity contribution in [3.63, 3.8) is 0 Å². The van der Waals surface area contributed by atoms with E-state index in [1.165, 1.54) is 9.58 Å². The molecule has 5 aromatic rings. The number of nitrogens with zero attached hydrogens (tertiary/aromatic N) is 3. The number of pyridine rings is 1. The molecular weight excluding hydrogens is 482 g/mol. The Kier molecular flexibility index (Phi) is 6.48. The molecule has 1 aliphatic rings. The number of hydrogen-bond donors (Lipinski definition) is 3. The molecule has 0 bridgehead atoms. The second kappa shape index (κ2) is 9.93. The average molecular weight is 516 g/mol. The van der Waals surface area contributed by atoms with Crippen molar-refractivity contribution in [2.24, 2.45) is 0 Å². The summed E-state index contributed by atoms with van der Waals surface area (Å²) in [6, 6.07) is 14.5. The van der Waals surface area contributed by atoms with Gasteiger partial charge in [0.1, 0.15) is 17.5 Å². The molecule has 7 nitrogen and oxygen atoms in total. The highest BCUT2D eigenvalue weighted by Gasteiger charge is 2.26. The quantitative estimate of drug-likeness (QED) is 0.228. The minimum atomic E-state index is -0.790. The molecule has 4 aromatic heterocycles. The van der Waals surface area contributed by atoms with Gasteiger partial charge in [-0.25, -0.2) is 0 Å². The molecule has 1 fully saturated rings. The first kappa shape index (κ1) is 24.2. The van der Waals surface area contributed by atoms with Crippen LogP contribution in [0.1, 0.15) is 50.0 Å². The standard InChI is InChI=1S/C29H33N5O2S/c1-3-29(35,4-2)20-6-5-19-15-25(31-24(19)16-20)27-28-26(32-33-27)17-23(37-28)18-34-13-9-22(10-14-34)36-21-7-11-30-12-8-21/h5-8,11-12,15-17,22,31,35H,3-4,9-10,13-14,18H2,1-2H3,(H,32,33). The monoisotopic (exact) mass is 515 g/mol. The number of fused-ring (bicyclic) bond motifs is 2. The molecule has 0 amide bonds. The number of rotatable bonds is 8.